The van der Waals surface area contributed by atoms with Crippen LogP contribution < -0.4 is 0 Å². The Balaban J connectivity index is 2.06. The van der Waals surface area contributed by atoms with Gasteiger partial charge in [0.1, 0.15) is 0 Å². The Bertz CT molecular complexity index is 359. The molecule has 4 heteroatoms. The fraction of sp³-hybridized carbons (Fsp3) is 0.636. The second-order valence-electron chi connectivity index (χ2n) is 4.10. The normalized spacial score (nSPS) is 26.1. The van der Waals surface area contributed by atoms with Gasteiger partial charge >= 0.3 is 0 Å². The van der Waals surface area contributed by atoms with E-state index in [1.165, 1.54) is 22.1 Å². The molecule has 2 rings (SSSR count). The van der Waals surface area contributed by atoms with Crippen LogP contribution in [0.2, 0.25) is 0 Å². The zero-order valence-corrected chi connectivity index (χ0v) is 10.8. The summed E-state index contributed by atoms with van der Waals surface area (Å²) in [5, 5.41) is 0. The lowest BCUT2D eigenvalue weighted by Gasteiger charge is -2.16. The van der Waals surface area contributed by atoms with E-state index in [-0.39, 0.29) is 0 Å². The molecule has 1 aliphatic heterocycles. The van der Waals surface area contributed by atoms with Gasteiger partial charge in [-0.15, -0.1) is 11.8 Å². The number of thioether (sulfide) groups is 1. The van der Waals surface area contributed by atoms with Gasteiger partial charge in [0.25, 0.3) is 0 Å². The van der Waals surface area contributed by atoms with Crippen LogP contribution in [0.15, 0.2) is 12.5 Å². The van der Waals surface area contributed by atoms with Gasteiger partial charge in [0, 0.05) is 30.6 Å². The Labute approximate surface area is 100 Å². The van der Waals surface area contributed by atoms with Crippen LogP contribution in [0.3, 0.4) is 0 Å². The van der Waals surface area contributed by atoms with Crippen molar-refractivity contribution < 1.29 is 0 Å². The minimum atomic E-state index is 0.625. The van der Waals surface area contributed by atoms with Crippen molar-refractivity contribution in [2.45, 2.75) is 19.8 Å². The average Bonchev–Trinajstić information content (AvgIpc) is 2.76. The molecule has 0 aromatic carbocycles. The van der Waals surface area contributed by atoms with Crippen LogP contribution in [0, 0.1) is 11.8 Å². The van der Waals surface area contributed by atoms with E-state index in [1.807, 2.05) is 24.3 Å². The molecule has 0 unspecified atom stereocenters. The lowest BCUT2D eigenvalue weighted by atomic mass is 9.90. The van der Waals surface area contributed by atoms with Crippen molar-refractivity contribution in [2.75, 3.05) is 5.75 Å². The highest BCUT2D eigenvalue weighted by Crippen LogP contribution is 2.36. The molecular weight excluding hydrogens is 224 g/mol. The van der Waals surface area contributed by atoms with Gasteiger partial charge in [-0.2, -0.15) is 0 Å². The molecule has 0 aliphatic carbocycles. The summed E-state index contributed by atoms with van der Waals surface area (Å²) in [6.07, 6.45) is 6.13. The first-order valence-corrected chi connectivity index (χ1v) is 6.73. The predicted molar refractivity (Wildman–Crippen MR) is 69.2 cm³/mol. The Hall–Kier alpha value is -0.350. The molecule has 2 atom stereocenters. The summed E-state index contributed by atoms with van der Waals surface area (Å²) in [6, 6.07) is 0. The molecule has 0 N–H and O–H groups in total. The second kappa shape index (κ2) is 4.66. The third kappa shape index (κ3) is 2.26. The van der Waals surface area contributed by atoms with E-state index in [4.69, 9.17) is 12.2 Å². The molecule has 0 radical (unpaired) electrons. The predicted octanol–water partition coefficient (Wildman–Crippen LogP) is 2.68. The first kappa shape index (κ1) is 11.1. The molecule has 0 spiro atoms. The second-order valence-corrected chi connectivity index (χ2v) is 5.86. The Kier molecular flexibility index (Phi) is 3.46. The minimum absolute atomic E-state index is 0.625. The quantitative estimate of drug-likeness (QED) is 0.757. The van der Waals surface area contributed by atoms with Gasteiger partial charge in [-0.3, -0.25) is 0 Å². The molecule has 82 valence electrons. The highest BCUT2D eigenvalue weighted by Gasteiger charge is 2.31. The summed E-state index contributed by atoms with van der Waals surface area (Å²) in [5.74, 6) is 2.52. The highest BCUT2D eigenvalue weighted by molar-refractivity contribution is 8.23. The maximum Gasteiger partial charge on any atom is 0.0945 e. The van der Waals surface area contributed by atoms with E-state index in [9.17, 15) is 0 Å². The monoisotopic (exact) mass is 240 g/mol. The maximum atomic E-state index is 5.39. The number of nitrogens with zero attached hydrogens (tertiary/aromatic N) is 2. The van der Waals surface area contributed by atoms with Gasteiger partial charge in [-0.25, -0.2) is 4.98 Å². The van der Waals surface area contributed by atoms with Gasteiger partial charge in [0.2, 0.25) is 0 Å². The van der Waals surface area contributed by atoms with E-state index in [2.05, 4.69) is 23.5 Å². The Morgan fingerprint density at radius 1 is 1.67 bits per heavy atom. The Morgan fingerprint density at radius 2 is 2.47 bits per heavy atom. The van der Waals surface area contributed by atoms with Crippen molar-refractivity contribution in [3.8, 4) is 0 Å². The molecule has 1 fully saturated rings. The molecule has 2 nitrogen and oxygen atoms in total. The third-order valence-corrected chi connectivity index (χ3v) is 4.98. The minimum Gasteiger partial charge on any atom is -0.338 e. The molecule has 0 bridgehead atoms. The summed E-state index contributed by atoms with van der Waals surface area (Å²) in [7, 11) is 2.06. The van der Waals surface area contributed by atoms with Gasteiger partial charge in [0.05, 0.1) is 10.5 Å². The van der Waals surface area contributed by atoms with Crippen LogP contribution in [0.25, 0.3) is 0 Å². The molecule has 1 aromatic heterocycles. The van der Waals surface area contributed by atoms with Gasteiger partial charge in [-0.05, 0) is 18.8 Å². The lowest BCUT2D eigenvalue weighted by molar-refractivity contribution is 0.456. The van der Waals surface area contributed by atoms with Gasteiger partial charge in [0.15, 0.2) is 0 Å². The number of aryl methyl sites for hydroxylation is 1. The first-order valence-electron chi connectivity index (χ1n) is 5.34. The molecule has 0 amide bonds. The van der Waals surface area contributed by atoms with E-state index < -0.39 is 0 Å². The van der Waals surface area contributed by atoms with Crippen molar-refractivity contribution >= 4 is 28.2 Å². The van der Waals surface area contributed by atoms with E-state index in [0.29, 0.717) is 11.8 Å². The van der Waals surface area contributed by atoms with Crippen molar-refractivity contribution in [3.05, 3.63) is 18.2 Å². The summed E-state index contributed by atoms with van der Waals surface area (Å²) in [6.45, 7) is 2.24. The maximum absolute atomic E-state index is 5.39. The zero-order valence-electron chi connectivity index (χ0n) is 9.14. The van der Waals surface area contributed by atoms with Crippen molar-refractivity contribution in [3.63, 3.8) is 0 Å². The van der Waals surface area contributed by atoms with Crippen LogP contribution >= 0.6 is 24.0 Å². The molecule has 2 heterocycles. The molecular formula is C11H16N2S2. The smallest absolute Gasteiger partial charge is 0.0945 e. The molecule has 1 aromatic rings. The number of hydrogen-bond donors (Lipinski definition) is 0. The molecule has 1 saturated heterocycles. The molecule has 0 saturated carbocycles. The van der Waals surface area contributed by atoms with E-state index >= 15 is 0 Å². The number of thiocarbonyl (C=S) groups is 1. The number of aromatic nitrogens is 2. The fourth-order valence-corrected chi connectivity index (χ4v) is 4.02. The van der Waals surface area contributed by atoms with Gasteiger partial charge in [-0.1, -0.05) is 19.1 Å². The topological polar surface area (TPSA) is 17.8 Å². The van der Waals surface area contributed by atoms with Crippen LogP contribution in [0.1, 0.15) is 19.0 Å². The van der Waals surface area contributed by atoms with E-state index in [1.54, 1.807) is 0 Å². The van der Waals surface area contributed by atoms with Crippen LogP contribution in [0.5, 0.6) is 0 Å². The van der Waals surface area contributed by atoms with Crippen molar-refractivity contribution in [1.29, 1.82) is 0 Å². The largest absolute Gasteiger partial charge is 0.338 e. The number of imidazole rings is 1. The standard InChI is InChI=1S/C11H16N2S2/c1-3-10-8(6-15-11(10)14)4-9-5-12-7-13(9)2/h5,7-8,10H,3-4,6H2,1-2H3/t8-,10+/m0/s1. The Morgan fingerprint density at radius 3 is 3.07 bits per heavy atom. The van der Waals surface area contributed by atoms with Gasteiger partial charge < -0.3 is 4.57 Å². The summed E-state index contributed by atoms with van der Waals surface area (Å²) < 4.78 is 3.32. The van der Waals surface area contributed by atoms with E-state index in [0.717, 1.165) is 6.42 Å². The summed E-state index contributed by atoms with van der Waals surface area (Å²) in [4.78, 5) is 4.16. The lowest BCUT2D eigenvalue weighted by Crippen LogP contribution is -2.17. The van der Waals surface area contributed by atoms with Crippen LogP contribution in [-0.4, -0.2) is 19.5 Å². The number of rotatable bonds is 3. The first-order chi connectivity index (χ1) is 7.22. The molecule has 15 heavy (non-hydrogen) atoms. The SMILES string of the molecule is CC[C@H]1C(=S)SC[C@@H]1Cc1cncn1C. The summed E-state index contributed by atoms with van der Waals surface area (Å²) in [5.41, 5.74) is 1.32. The fourth-order valence-electron chi connectivity index (χ4n) is 2.16. The van der Waals surface area contributed by atoms with Crippen LogP contribution in [0.4, 0.5) is 0 Å². The van der Waals surface area contributed by atoms with Crippen molar-refractivity contribution in [1.82, 2.24) is 9.55 Å². The van der Waals surface area contributed by atoms with Crippen molar-refractivity contribution in [2.24, 2.45) is 18.9 Å². The highest BCUT2D eigenvalue weighted by atomic mass is 32.2. The number of hydrogen-bond acceptors (Lipinski definition) is 3. The average molecular weight is 240 g/mol. The zero-order chi connectivity index (χ0) is 10.8. The molecule has 1 aliphatic rings. The third-order valence-electron chi connectivity index (χ3n) is 3.14. The summed E-state index contributed by atoms with van der Waals surface area (Å²) >= 11 is 7.25. The van der Waals surface area contributed by atoms with Crippen LogP contribution in [-0.2, 0) is 13.5 Å².